The number of carbonyl (C=O) groups is 2. The van der Waals surface area contributed by atoms with Gasteiger partial charge >= 0.3 is 0 Å². The van der Waals surface area contributed by atoms with Gasteiger partial charge in [-0.2, -0.15) is 0 Å². The molecule has 0 bridgehead atoms. The van der Waals surface area contributed by atoms with Crippen LogP contribution in [0.5, 0.6) is 0 Å². The number of Topliss-reactive ketones (excluding diaryl/α,β-unsaturated/α-hetero) is 1. The normalized spacial score (nSPS) is 18.2. The second-order valence-electron chi connectivity index (χ2n) is 6.94. The average molecular weight is 423 g/mol. The zero-order chi connectivity index (χ0) is 21.1. The summed E-state index contributed by atoms with van der Waals surface area (Å²) in [7, 11) is 0. The average Bonchev–Trinajstić information content (AvgIpc) is 3.37. The van der Waals surface area contributed by atoms with Crippen LogP contribution in [0.25, 0.3) is 5.76 Å². The molecule has 0 radical (unpaired) electrons. The van der Waals surface area contributed by atoms with Gasteiger partial charge in [0.2, 0.25) is 0 Å². The first-order valence-corrected chi connectivity index (χ1v) is 9.84. The van der Waals surface area contributed by atoms with E-state index in [-0.39, 0.29) is 11.3 Å². The summed E-state index contributed by atoms with van der Waals surface area (Å²) >= 11 is 5.93. The van der Waals surface area contributed by atoms with Crippen LogP contribution in [-0.4, -0.2) is 42.8 Å². The number of amides is 1. The molecular formula is C22H19ClN4O3. The molecule has 2 aromatic heterocycles. The highest BCUT2D eigenvalue weighted by Crippen LogP contribution is 2.39. The number of nitrogens with zero attached hydrogens (tertiary/aromatic N) is 4. The molecule has 1 aromatic carbocycles. The molecule has 1 saturated heterocycles. The number of aliphatic hydroxyl groups excluding tert-OH is 1. The van der Waals surface area contributed by atoms with Gasteiger partial charge in [-0.1, -0.05) is 17.7 Å². The summed E-state index contributed by atoms with van der Waals surface area (Å²) < 4.78 is 1.91. The van der Waals surface area contributed by atoms with Crippen LogP contribution in [0.4, 0.5) is 0 Å². The van der Waals surface area contributed by atoms with Crippen molar-refractivity contribution in [3.05, 3.63) is 89.2 Å². The SMILES string of the molecule is O=C1C(=O)N(CCCn2ccnc2)[C@H](c2cccnc2)/C1=C(\O)c1ccc(Cl)cc1. The van der Waals surface area contributed by atoms with Crippen molar-refractivity contribution in [1.29, 1.82) is 0 Å². The fourth-order valence-corrected chi connectivity index (χ4v) is 3.73. The molecule has 3 heterocycles. The molecule has 152 valence electrons. The first-order valence-electron chi connectivity index (χ1n) is 9.46. The number of ketones is 1. The van der Waals surface area contributed by atoms with Gasteiger partial charge < -0.3 is 14.6 Å². The van der Waals surface area contributed by atoms with Crippen LogP contribution in [0.3, 0.4) is 0 Å². The third-order valence-electron chi connectivity index (χ3n) is 5.03. The Morgan fingerprint density at radius 3 is 2.53 bits per heavy atom. The molecule has 1 N–H and O–H groups in total. The Kier molecular flexibility index (Phi) is 5.63. The second-order valence-corrected chi connectivity index (χ2v) is 7.38. The molecule has 0 spiro atoms. The van der Waals surface area contributed by atoms with Crippen LogP contribution in [0.1, 0.15) is 23.6 Å². The molecule has 7 nitrogen and oxygen atoms in total. The minimum atomic E-state index is -0.711. The Balaban J connectivity index is 1.71. The minimum Gasteiger partial charge on any atom is -0.507 e. The van der Waals surface area contributed by atoms with Gasteiger partial charge in [-0.25, -0.2) is 4.98 Å². The Morgan fingerprint density at radius 1 is 1.07 bits per heavy atom. The Morgan fingerprint density at radius 2 is 1.87 bits per heavy atom. The van der Waals surface area contributed by atoms with E-state index < -0.39 is 17.7 Å². The summed E-state index contributed by atoms with van der Waals surface area (Å²) in [4.78, 5) is 35.4. The third-order valence-corrected chi connectivity index (χ3v) is 5.28. The van der Waals surface area contributed by atoms with Gasteiger partial charge in [0.1, 0.15) is 5.76 Å². The number of benzene rings is 1. The molecule has 3 aromatic rings. The largest absolute Gasteiger partial charge is 0.507 e. The molecule has 1 aliphatic heterocycles. The van der Waals surface area contributed by atoms with E-state index in [1.54, 1.807) is 61.3 Å². The van der Waals surface area contributed by atoms with E-state index in [1.807, 2.05) is 10.8 Å². The van der Waals surface area contributed by atoms with Gasteiger partial charge in [0.15, 0.2) is 0 Å². The van der Waals surface area contributed by atoms with Crippen molar-refractivity contribution in [3.63, 3.8) is 0 Å². The van der Waals surface area contributed by atoms with E-state index in [0.29, 0.717) is 35.7 Å². The van der Waals surface area contributed by atoms with Crippen molar-refractivity contribution >= 4 is 29.1 Å². The zero-order valence-electron chi connectivity index (χ0n) is 16.0. The monoisotopic (exact) mass is 422 g/mol. The van der Waals surface area contributed by atoms with Crippen molar-refractivity contribution in [3.8, 4) is 0 Å². The van der Waals surface area contributed by atoms with E-state index in [1.165, 1.54) is 4.90 Å². The fourth-order valence-electron chi connectivity index (χ4n) is 3.60. The number of aliphatic hydroxyl groups is 1. The Labute approximate surface area is 178 Å². The number of likely N-dealkylation sites (tertiary alicyclic amines) is 1. The van der Waals surface area contributed by atoms with Gasteiger partial charge in [-0.05, 0) is 42.3 Å². The van der Waals surface area contributed by atoms with E-state index in [2.05, 4.69) is 9.97 Å². The lowest BCUT2D eigenvalue weighted by molar-refractivity contribution is -0.139. The van der Waals surface area contributed by atoms with E-state index >= 15 is 0 Å². The Hall–Kier alpha value is -3.45. The maximum Gasteiger partial charge on any atom is 0.295 e. The number of halogens is 1. The van der Waals surface area contributed by atoms with E-state index in [4.69, 9.17) is 11.6 Å². The minimum absolute atomic E-state index is 0.0537. The van der Waals surface area contributed by atoms with Crippen LogP contribution in [-0.2, 0) is 16.1 Å². The van der Waals surface area contributed by atoms with Crippen molar-refractivity contribution < 1.29 is 14.7 Å². The molecule has 1 amide bonds. The predicted octanol–water partition coefficient (Wildman–Crippen LogP) is 3.44. The molecule has 1 aliphatic rings. The molecule has 8 heteroatoms. The summed E-state index contributed by atoms with van der Waals surface area (Å²) in [6.45, 7) is 1.000. The van der Waals surface area contributed by atoms with Crippen LogP contribution < -0.4 is 0 Å². The van der Waals surface area contributed by atoms with Gasteiger partial charge in [-0.3, -0.25) is 14.6 Å². The molecule has 1 atom stereocenters. The van der Waals surface area contributed by atoms with Crippen molar-refractivity contribution in [1.82, 2.24) is 19.4 Å². The van der Waals surface area contributed by atoms with Gasteiger partial charge in [-0.15, -0.1) is 0 Å². The summed E-state index contributed by atoms with van der Waals surface area (Å²) in [5, 5.41) is 11.4. The fraction of sp³-hybridized carbons (Fsp3) is 0.182. The molecule has 1 fully saturated rings. The standard InChI is InChI=1S/C22H19ClN4O3/c23-17-6-4-15(5-7-17)20(28)18-19(16-3-1-8-24-13-16)27(22(30)21(18)29)11-2-10-26-12-9-25-14-26/h1,3-9,12-14,19,28H,2,10-11H2/b20-18+/t19-/m1/s1. The van der Waals surface area contributed by atoms with Gasteiger partial charge in [0.25, 0.3) is 11.7 Å². The predicted molar refractivity (Wildman–Crippen MR) is 112 cm³/mol. The number of carbonyl (C=O) groups excluding carboxylic acids is 2. The van der Waals surface area contributed by atoms with Crippen molar-refractivity contribution in [2.75, 3.05) is 6.54 Å². The number of aromatic nitrogens is 3. The van der Waals surface area contributed by atoms with Crippen LogP contribution >= 0.6 is 11.6 Å². The number of imidazole rings is 1. The van der Waals surface area contributed by atoms with Crippen LogP contribution in [0.15, 0.2) is 73.1 Å². The second kappa shape index (κ2) is 8.51. The highest BCUT2D eigenvalue weighted by Gasteiger charge is 2.45. The molecule has 4 rings (SSSR count). The lowest BCUT2D eigenvalue weighted by Gasteiger charge is -2.25. The lowest BCUT2D eigenvalue weighted by atomic mass is 9.96. The lowest BCUT2D eigenvalue weighted by Crippen LogP contribution is -2.31. The molecule has 30 heavy (non-hydrogen) atoms. The maximum absolute atomic E-state index is 12.9. The zero-order valence-corrected chi connectivity index (χ0v) is 16.7. The summed E-state index contributed by atoms with van der Waals surface area (Å²) in [5.41, 5.74) is 1.14. The quantitative estimate of drug-likeness (QED) is 0.373. The van der Waals surface area contributed by atoms with E-state index in [0.717, 1.165) is 0 Å². The number of aryl methyl sites for hydroxylation is 1. The smallest absolute Gasteiger partial charge is 0.295 e. The van der Waals surface area contributed by atoms with Gasteiger partial charge in [0, 0.05) is 48.5 Å². The van der Waals surface area contributed by atoms with E-state index in [9.17, 15) is 14.7 Å². The highest BCUT2D eigenvalue weighted by atomic mass is 35.5. The first-order chi connectivity index (χ1) is 14.6. The van der Waals surface area contributed by atoms with Crippen LogP contribution in [0, 0.1) is 0 Å². The molecule has 0 unspecified atom stereocenters. The highest BCUT2D eigenvalue weighted by molar-refractivity contribution is 6.46. The first kappa shape index (κ1) is 19.8. The Bertz CT molecular complexity index is 1080. The maximum atomic E-state index is 12.9. The topological polar surface area (TPSA) is 88.3 Å². The number of pyridine rings is 1. The number of hydrogen-bond acceptors (Lipinski definition) is 5. The summed E-state index contributed by atoms with van der Waals surface area (Å²) in [5.74, 6) is -1.57. The molecule has 0 saturated carbocycles. The molecule has 0 aliphatic carbocycles. The number of rotatable bonds is 6. The summed E-state index contributed by atoms with van der Waals surface area (Å²) in [6, 6.07) is 9.30. The van der Waals surface area contributed by atoms with Crippen LogP contribution in [0.2, 0.25) is 5.02 Å². The molecular weight excluding hydrogens is 404 g/mol. The number of hydrogen-bond donors (Lipinski definition) is 1. The van der Waals surface area contributed by atoms with Gasteiger partial charge in [0.05, 0.1) is 17.9 Å². The van der Waals surface area contributed by atoms with Crippen molar-refractivity contribution in [2.24, 2.45) is 0 Å². The van der Waals surface area contributed by atoms with Crippen molar-refractivity contribution in [2.45, 2.75) is 19.0 Å². The third kappa shape index (κ3) is 3.84. The summed E-state index contributed by atoms with van der Waals surface area (Å²) in [6.07, 6.45) is 9.08.